The minimum atomic E-state index is -0.561. The maximum Gasteiger partial charge on any atom is 0.0907 e. The zero-order chi connectivity index (χ0) is 15.1. The summed E-state index contributed by atoms with van der Waals surface area (Å²) < 4.78 is 11.5. The number of ether oxygens (including phenoxy) is 2. The Morgan fingerprint density at radius 3 is 2.71 bits per heavy atom. The summed E-state index contributed by atoms with van der Waals surface area (Å²) in [6, 6.07) is 10.3. The van der Waals surface area contributed by atoms with Crippen LogP contribution in [0.2, 0.25) is 0 Å². The van der Waals surface area contributed by atoms with Gasteiger partial charge in [0.2, 0.25) is 0 Å². The first kappa shape index (κ1) is 16.4. The van der Waals surface area contributed by atoms with Gasteiger partial charge in [-0.25, -0.2) is 0 Å². The standard InChI is InChI=1S/C17H27NO3/c1-14(2)18-17(12-19,15-7-4-3-5-8-15)13-20-11-16-9-6-10-21-16/h3-5,7-8,14,16,18-19H,6,9-13H2,1-2H3. The van der Waals surface area contributed by atoms with E-state index in [2.05, 4.69) is 19.2 Å². The molecule has 21 heavy (non-hydrogen) atoms. The van der Waals surface area contributed by atoms with Crippen LogP contribution in [0, 0.1) is 0 Å². The van der Waals surface area contributed by atoms with Crippen LogP contribution in [-0.4, -0.2) is 43.7 Å². The number of nitrogens with one attached hydrogen (secondary N) is 1. The third-order valence-electron chi connectivity index (χ3n) is 3.84. The molecule has 4 nitrogen and oxygen atoms in total. The minimum absolute atomic E-state index is 0.000711. The van der Waals surface area contributed by atoms with Crippen molar-refractivity contribution in [3.8, 4) is 0 Å². The molecule has 0 saturated carbocycles. The van der Waals surface area contributed by atoms with Crippen molar-refractivity contribution >= 4 is 0 Å². The molecule has 1 saturated heterocycles. The van der Waals surface area contributed by atoms with Crippen molar-refractivity contribution in [1.29, 1.82) is 0 Å². The first-order valence-corrected chi connectivity index (χ1v) is 7.80. The van der Waals surface area contributed by atoms with Gasteiger partial charge in [0, 0.05) is 12.6 Å². The van der Waals surface area contributed by atoms with Gasteiger partial charge in [-0.1, -0.05) is 30.3 Å². The van der Waals surface area contributed by atoms with Crippen LogP contribution in [0.3, 0.4) is 0 Å². The monoisotopic (exact) mass is 293 g/mol. The summed E-state index contributed by atoms with van der Waals surface area (Å²) in [7, 11) is 0. The van der Waals surface area contributed by atoms with Crippen LogP contribution >= 0.6 is 0 Å². The first-order valence-electron chi connectivity index (χ1n) is 7.80. The van der Waals surface area contributed by atoms with E-state index in [1.54, 1.807) is 0 Å². The minimum Gasteiger partial charge on any atom is -0.394 e. The van der Waals surface area contributed by atoms with Crippen LogP contribution in [0.1, 0.15) is 32.3 Å². The maximum atomic E-state index is 10.00. The normalized spacial score (nSPS) is 21.6. The topological polar surface area (TPSA) is 50.7 Å². The van der Waals surface area contributed by atoms with E-state index in [1.165, 1.54) is 0 Å². The fourth-order valence-corrected chi connectivity index (χ4v) is 2.84. The quantitative estimate of drug-likeness (QED) is 0.770. The molecular weight excluding hydrogens is 266 g/mol. The van der Waals surface area contributed by atoms with E-state index in [0.717, 1.165) is 25.0 Å². The lowest BCUT2D eigenvalue weighted by Gasteiger charge is -2.35. The Labute approximate surface area is 127 Å². The van der Waals surface area contributed by atoms with E-state index in [1.807, 2.05) is 30.3 Å². The number of hydrogen-bond acceptors (Lipinski definition) is 4. The number of aliphatic hydroxyl groups excluding tert-OH is 1. The molecule has 2 unspecified atom stereocenters. The van der Waals surface area contributed by atoms with Crippen molar-refractivity contribution in [3.63, 3.8) is 0 Å². The van der Waals surface area contributed by atoms with Crippen molar-refractivity contribution in [2.24, 2.45) is 0 Å². The summed E-state index contributed by atoms with van der Waals surface area (Å²) in [6.07, 6.45) is 2.38. The van der Waals surface area contributed by atoms with Crippen LogP contribution in [0.25, 0.3) is 0 Å². The first-order chi connectivity index (χ1) is 10.2. The van der Waals surface area contributed by atoms with Crippen molar-refractivity contribution in [2.45, 2.75) is 44.4 Å². The Balaban J connectivity index is 2.03. The largest absolute Gasteiger partial charge is 0.394 e. The lowest BCUT2D eigenvalue weighted by atomic mass is 9.90. The zero-order valence-electron chi connectivity index (χ0n) is 13.0. The number of benzene rings is 1. The van der Waals surface area contributed by atoms with Gasteiger partial charge in [0.25, 0.3) is 0 Å². The Hall–Kier alpha value is -0.940. The van der Waals surface area contributed by atoms with Crippen LogP contribution in [0.5, 0.6) is 0 Å². The SMILES string of the molecule is CC(C)NC(CO)(COCC1CCCO1)c1ccccc1. The lowest BCUT2D eigenvalue weighted by molar-refractivity contribution is -0.0210. The number of rotatable bonds is 8. The van der Waals surface area contributed by atoms with Crippen molar-refractivity contribution in [1.82, 2.24) is 5.32 Å². The Bertz CT molecular complexity index is 404. The van der Waals surface area contributed by atoms with Crippen molar-refractivity contribution in [2.75, 3.05) is 26.4 Å². The third-order valence-corrected chi connectivity index (χ3v) is 3.84. The van der Waals surface area contributed by atoms with Crippen LogP contribution < -0.4 is 5.32 Å². The van der Waals surface area contributed by atoms with Crippen LogP contribution in [-0.2, 0) is 15.0 Å². The summed E-state index contributed by atoms with van der Waals surface area (Å²) in [4.78, 5) is 0. The fourth-order valence-electron chi connectivity index (χ4n) is 2.84. The van der Waals surface area contributed by atoms with Gasteiger partial charge in [0.1, 0.15) is 0 Å². The van der Waals surface area contributed by atoms with Gasteiger partial charge in [-0.3, -0.25) is 0 Å². The molecule has 1 aliphatic heterocycles. The average molecular weight is 293 g/mol. The van der Waals surface area contributed by atoms with Gasteiger partial charge in [-0.05, 0) is 32.3 Å². The number of aliphatic hydroxyl groups is 1. The molecule has 1 fully saturated rings. The van der Waals surface area contributed by atoms with E-state index in [0.29, 0.717) is 13.2 Å². The fraction of sp³-hybridized carbons (Fsp3) is 0.647. The second-order valence-electron chi connectivity index (χ2n) is 6.06. The molecule has 1 aliphatic rings. The predicted octanol–water partition coefficient (Wildman–Crippen LogP) is 2.07. The molecule has 2 N–H and O–H groups in total. The number of hydrogen-bond donors (Lipinski definition) is 2. The molecule has 0 aromatic heterocycles. The van der Waals surface area contributed by atoms with Gasteiger partial charge in [0.15, 0.2) is 0 Å². The van der Waals surface area contributed by atoms with Crippen molar-refractivity contribution < 1.29 is 14.6 Å². The molecule has 1 aromatic rings. The van der Waals surface area contributed by atoms with E-state index in [9.17, 15) is 5.11 Å². The van der Waals surface area contributed by atoms with Crippen molar-refractivity contribution in [3.05, 3.63) is 35.9 Å². The summed E-state index contributed by atoms with van der Waals surface area (Å²) in [5, 5.41) is 13.5. The molecule has 1 aromatic carbocycles. The summed E-state index contributed by atoms with van der Waals surface area (Å²) in [5.41, 5.74) is 0.488. The molecule has 1 heterocycles. The zero-order valence-corrected chi connectivity index (χ0v) is 13.0. The highest BCUT2D eigenvalue weighted by atomic mass is 16.5. The molecule has 118 valence electrons. The predicted molar refractivity (Wildman–Crippen MR) is 83.3 cm³/mol. The lowest BCUT2D eigenvalue weighted by Crippen LogP contribution is -2.52. The van der Waals surface area contributed by atoms with Crippen LogP contribution in [0.4, 0.5) is 0 Å². The van der Waals surface area contributed by atoms with Gasteiger partial charge in [-0.2, -0.15) is 0 Å². The third kappa shape index (κ3) is 4.51. The van der Waals surface area contributed by atoms with Gasteiger partial charge < -0.3 is 19.9 Å². The molecule has 0 amide bonds. The Morgan fingerprint density at radius 2 is 2.14 bits per heavy atom. The second-order valence-corrected chi connectivity index (χ2v) is 6.06. The highest BCUT2D eigenvalue weighted by molar-refractivity contribution is 5.25. The summed E-state index contributed by atoms with van der Waals surface area (Å²) in [5.74, 6) is 0. The van der Waals surface area contributed by atoms with Gasteiger partial charge in [-0.15, -0.1) is 0 Å². The molecule has 0 bridgehead atoms. The summed E-state index contributed by atoms with van der Waals surface area (Å²) in [6.45, 7) is 6.02. The van der Waals surface area contributed by atoms with Gasteiger partial charge >= 0.3 is 0 Å². The van der Waals surface area contributed by atoms with Crippen LogP contribution in [0.15, 0.2) is 30.3 Å². The summed E-state index contributed by atoms with van der Waals surface area (Å²) >= 11 is 0. The van der Waals surface area contributed by atoms with E-state index >= 15 is 0 Å². The molecular formula is C17H27NO3. The van der Waals surface area contributed by atoms with Gasteiger partial charge in [0.05, 0.1) is 31.5 Å². The van der Waals surface area contributed by atoms with E-state index in [-0.39, 0.29) is 18.8 Å². The Morgan fingerprint density at radius 1 is 1.38 bits per heavy atom. The highest BCUT2D eigenvalue weighted by Gasteiger charge is 2.33. The molecule has 2 rings (SSSR count). The molecule has 0 radical (unpaired) electrons. The molecule has 0 spiro atoms. The highest BCUT2D eigenvalue weighted by Crippen LogP contribution is 2.23. The molecule has 2 atom stereocenters. The molecule has 0 aliphatic carbocycles. The smallest absolute Gasteiger partial charge is 0.0907 e. The van der Waals surface area contributed by atoms with E-state index < -0.39 is 5.54 Å². The molecule has 4 heteroatoms. The average Bonchev–Trinajstić information content (AvgIpc) is 3.00. The van der Waals surface area contributed by atoms with E-state index in [4.69, 9.17) is 9.47 Å². The Kier molecular flexibility index (Phi) is 6.18. The second kappa shape index (κ2) is 7.90. The maximum absolute atomic E-state index is 10.00.